The molecule has 2 aromatic carbocycles. The minimum absolute atomic E-state index is 0.0220. The van der Waals surface area contributed by atoms with Crippen molar-refractivity contribution in [3.8, 4) is 0 Å². The number of sulfonamides is 1. The van der Waals surface area contributed by atoms with Crippen LogP contribution in [0.5, 0.6) is 0 Å². The zero-order valence-electron chi connectivity index (χ0n) is 18.7. The Labute approximate surface area is 204 Å². The van der Waals surface area contributed by atoms with Crippen molar-refractivity contribution in [2.24, 2.45) is 0 Å². The molecule has 0 spiro atoms. The molecule has 0 aliphatic carbocycles. The number of amides is 2. The van der Waals surface area contributed by atoms with Crippen molar-refractivity contribution in [3.63, 3.8) is 0 Å². The summed E-state index contributed by atoms with van der Waals surface area (Å²) in [6.07, 6.45) is 0. The largest absolute Gasteiger partial charge is 0.351 e. The standard InChI is InChI=1S/C23H27Cl2N3O4S/c1-15(2)18-5-7-19(8-6-18)33(31,32)28-11-10-27(16(3)29)14-22(28)23(30)26-13-17-4-9-20(24)21(25)12-17/h4-9,12,15,22H,10-11,13-14H2,1-3H3,(H,26,30). The van der Waals surface area contributed by atoms with E-state index in [4.69, 9.17) is 23.2 Å². The maximum absolute atomic E-state index is 13.4. The number of halogens is 2. The van der Waals surface area contributed by atoms with Gasteiger partial charge in [0.2, 0.25) is 21.8 Å². The molecule has 2 amide bonds. The van der Waals surface area contributed by atoms with E-state index in [1.165, 1.54) is 16.1 Å². The molecule has 1 heterocycles. The fourth-order valence-corrected chi connectivity index (χ4v) is 5.56. The lowest BCUT2D eigenvalue weighted by molar-refractivity contribution is -0.134. The van der Waals surface area contributed by atoms with Crippen LogP contribution in [-0.4, -0.2) is 55.1 Å². The number of hydrogen-bond acceptors (Lipinski definition) is 4. The molecular formula is C23H27Cl2N3O4S. The molecule has 1 atom stereocenters. The first kappa shape index (κ1) is 25.5. The molecule has 2 aromatic rings. The Morgan fingerprint density at radius 2 is 1.73 bits per heavy atom. The summed E-state index contributed by atoms with van der Waals surface area (Å²) in [5.74, 6) is -0.439. The number of benzene rings is 2. The monoisotopic (exact) mass is 511 g/mol. The van der Waals surface area contributed by atoms with Crippen molar-refractivity contribution >= 4 is 45.0 Å². The first-order valence-electron chi connectivity index (χ1n) is 10.6. The number of piperazine rings is 1. The molecule has 178 valence electrons. The molecule has 0 aromatic heterocycles. The molecular weight excluding hydrogens is 485 g/mol. The molecule has 1 N–H and O–H groups in total. The van der Waals surface area contributed by atoms with E-state index in [9.17, 15) is 18.0 Å². The SMILES string of the molecule is CC(=O)N1CCN(S(=O)(=O)c2ccc(C(C)C)cc2)C(C(=O)NCc2ccc(Cl)c(Cl)c2)C1. The van der Waals surface area contributed by atoms with Crippen molar-refractivity contribution in [2.45, 2.75) is 44.2 Å². The normalized spacial score (nSPS) is 17.3. The van der Waals surface area contributed by atoms with Crippen molar-refractivity contribution in [1.29, 1.82) is 0 Å². The molecule has 1 saturated heterocycles. The molecule has 1 aliphatic heterocycles. The van der Waals surface area contributed by atoms with E-state index < -0.39 is 22.0 Å². The molecule has 1 aliphatic rings. The third kappa shape index (κ3) is 5.87. The van der Waals surface area contributed by atoms with Gasteiger partial charge in [-0.15, -0.1) is 0 Å². The maximum atomic E-state index is 13.4. The number of carbonyl (C=O) groups is 2. The van der Waals surface area contributed by atoms with Crippen LogP contribution in [0.25, 0.3) is 0 Å². The Balaban J connectivity index is 1.84. The second-order valence-corrected chi connectivity index (χ2v) is 11.0. The minimum atomic E-state index is -3.95. The van der Waals surface area contributed by atoms with Gasteiger partial charge in [-0.25, -0.2) is 8.42 Å². The Morgan fingerprint density at radius 3 is 2.30 bits per heavy atom. The highest BCUT2D eigenvalue weighted by Crippen LogP contribution is 2.25. The second kappa shape index (κ2) is 10.4. The van der Waals surface area contributed by atoms with Gasteiger partial charge in [-0.2, -0.15) is 4.31 Å². The smallest absolute Gasteiger partial charge is 0.243 e. The van der Waals surface area contributed by atoms with Gasteiger partial charge >= 0.3 is 0 Å². The Kier molecular flexibility index (Phi) is 8.05. The average molecular weight is 512 g/mol. The van der Waals surface area contributed by atoms with Gasteiger partial charge in [0.15, 0.2) is 0 Å². The van der Waals surface area contributed by atoms with E-state index in [-0.39, 0.29) is 42.9 Å². The van der Waals surface area contributed by atoms with E-state index in [1.807, 2.05) is 13.8 Å². The lowest BCUT2D eigenvalue weighted by atomic mass is 10.0. The van der Waals surface area contributed by atoms with Crippen LogP contribution in [0.15, 0.2) is 47.4 Å². The second-order valence-electron chi connectivity index (χ2n) is 8.29. The van der Waals surface area contributed by atoms with Crippen LogP contribution in [0.3, 0.4) is 0 Å². The molecule has 1 fully saturated rings. The summed E-state index contributed by atoms with van der Waals surface area (Å²) in [5, 5.41) is 3.53. The van der Waals surface area contributed by atoms with Crippen LogP contribution in [0.2, 0.25) is 10.0 Å². The van der Waals surface area contributed by atoms with Gasteiger partial charge in [0.1, 0.15) is 6.04 Å². The van der Waals surface area contributed by atoms with Crippen LogP contribution in [0, 0.1) is 0 Å². The first-order chi connectivity index (χ1) is 15.5. The third-order valence-corrected chi connectivity index (χ3v) is 8.34. The van der Waals surface area contributed by atoms with Crippen molar-refractivity contribution in [3.05, 3.63) is 63.6 Å². The van der Waals surface area contributed by atoms with E-state index >= 15 is 0 Å². The minimum Gasteiger partial charge on any atom is -0.351 e. The highest BCUT2D eigenvalue weighted by Gasteiger charge is 2.40. The van der Waals surface area contributed by atoms with Gasteiger partial charge < -0.3 is 10.2 Å². The Morgan fingerprint density at radius 1 is 1.06 bits per heavy atom. The van der Waals surface area contributed by atoms with E-state index in [1.54, 1.807) is 42.5 Å². The van der Waals surface area contributed by atoms with Crippen molar-refractivity contribution < 1.29 is 18.0 Å². The third-order valence-electron chi connectivity index (χ3n) is 5.68. The molecule has 3 rings (SSSR count). The topological polar surface area (TPSA) is 86.8 Å². The van der Waals surface area contributed by atoms with Gasteiger partial charge in [-0.1, -0.05) is 55.2 Å². The van der Waals surface area contributed by atoms with Crippen molar-refractivity contribution in [2.75, 3.05) is 19.6 Å². The zero-order chi connectivity index (χ0) is 24.3. The molecule has 0 bridgehead atoms. The van der Waals surface area contributed by atoms with E-state index in [0.29, 0.717) is 10.0 Å². The van der Waals surface area contributed by atoms with Crippen LogP contribution < -0.4 is 5.32 Å². The summed E-state index contributed by atoms with van der Waals surface area (Å²) in [6.45, 7) is 5.82. The van der Waals surface area contributed by atoms with Gasteiger partial charge in [0.05, 0.1) is 14.9 Å². The molecule has 0 radical (unpaired) electrons. The van der Waals surface area contributed by atoms with E-state index in [0.717, 1.165) is 11.1 Å². The van der Waals surface area contributed by atoms with Crippen molar-refractivity contribution in [1.82, 2.24) is 14.5 Å². The van der Waals surface area contributed by atoms with Crippen LogP contribution in [0.1, 0.15) is 37.8 Å². The van der Waals surface area contributed by atoms with Crippen LogP contribution in [-0.2, 0) is 26.2 Å². The molecule has 1 unspecified atom stereocenters. The molecule has 33 heavy (non-hydrogen) atoms. The number of nitrogens with one attached hydrogen (secondary N) is 1. The average Bonchev–Trinajstić information content (AvgIpc) is 2.79. The van der Waals surface area contributed by atoms with Crippen LogP contribution in [0.4, 0.5) is 0 Å². The summed E-state index contributed by atoms with van der Waals surface area (Å²) in [5.41, 5.74) is 1.74. The summed E-state index contributed by atoms with van der Waals surface area (Å²) in [7, 11) is -3.95. The highest BCUT2D eigenvalue weighted by atomic mass is 35.5. The van der Waals surface area contributed by atoms with Gasteiger partial charge in [0, 0.05) is 33.1 Å². The van der Waals surface area contributed by atoms with Gasteiger partial charge in [0.25, 0.3) is 0 Å². The summed E-state index contributed by atoms with van der Waals surface area (Å²) >= 11 is 12.0. The molecule has 0 saturated carbocycles. The Hall–Kier alpha value is -2.13. The zero-order valence-corrected chi connectivity index (χ0v) is 21.0. The predicted molar refractivity (Wildman–Crippen MR) is 129 cm³/mol. The lowest BCUT2D eigenvalue weighted by Gasteiger charge is -2.39. The number of rotatable bonds is 6. The quantitative estimate of drug-likeness (QED) is 0.640. The molecule has 7 nitrogen and oxygen atoms in total. The fraction of sp³-hybridized carbons (Fsp3) is 0.391. The van der Waals surface area contributed by atoms with Gasteiger partial charge in [-0.05, 0) is 41.3 Å². The van der Waals surface area contributed by atoms with Crippen LogP contribution >= 0.6 is 23.2 Å². The number of carbonyl (C=O) groups excluding carboxylic acids is 2. The Bertz CT molecular complexity index is 1140. The predicted octanol–water partition coefficient (Wildman–Crippen LogP) is 3.65. The summed E-state index contributed by atoms with van der Waals surface area (Å²) in [4.78, 5) is 26.7. The summed E-state index contributed by atoms with van der Waals surface area (Å²) < 4.78 is 28.0. The summed E-state index contributed by atoms with van der Waals surface area (Å²) in [6, 6.07) is 10.6. The van der Waals surface area contributed by atoms with E-state index in [2.05, 4.69) is 5.32 Å². The maximum Gasteiger partial charge on any atom is 0.243 e. The first-order valence-corrected chi connectivity index (χ1v) is 12.8. The highest BCUT2D eigenvalue weighted by molar-refractivity contribution is 7.89. The lowest BCUT2D eigenvalue weighted by Crippen LogP contribution is -2.61. The number of hydrogen-bond donors (Lipinski definition) is 1. The molecule has 10 heteroatoms. The number of nitrogens with zero attached hydrogens (tertiary/aromatic N) is 2. The fourth-order valence-electron chi connectivity index (χ4n) is 3.67. The van der Waals surface area contributed by atoms with Gasteiger partial charge in [-0.3, -0.25) is 9.59 Å².